The SMILES string of the molecule is CCC(C)CNc1ccccc1C(=O)N1CCCC(O)C1. The van der Waals surface area contributed by atoms with Gasteiger partial charge in [0.25, 0.3) is 5.91 Å². The highest BCUT2D eigenvalue weighted by atomic mass is 16.3. The topological polar surface area (TPSA) is 52.6 Å². The fourth-order valence-corrected chi connectivity index (χ4v) is 2.56. The minimum Gasteiger partial charge on any atom is -0.391 e. The van der Waals surface area contributed by atoms with Gasteiger partial charge in [-0.05, 0) is 30.9 Å². The molecule has 2 N–H and O–H groups in total. The molecule has 0 spiro atoms. The number of para-hydroxylation sites is 1. The molecule has 2 unspecified atom stereocenters. The van der Waals surface area contributed by atoms with E-state index in [4.69, 9.17) is 0 Å². The van der Waals surface area contributed by atoms with Gasteiger partial charge in [-0.25, -0.2) is 0 Å². The number of anilines is 1. The zero-order valence-electron chi connectivity index (χ0n) is 13.0. The Kier molecular flexibility index (Phi) is 5.62. The van der Waals surface area contributed by atoms with Crippen LogP contribution in [0.4, 0.5) is 5.69 Å². The zero-order valence-corrected chi connectivity index (χ0v) is 13.0. The third kappa shape index (κ3) is 4.21. The number of aliphatic hydroxyl groups excluding tert-OH is 1. The van der Waals surface area contributed by atoms with Crippen LogP contribution >= 0.6 is 0 Å². The summed E-state index contributed by atoms with van der Waals surface area (Å²) in [5.74, 6) is 0.589. The Morgan fingerprint density at radius 2 is 2.24 bits per heavy atom. The number of rotatable bonds is 5. The van der Waals surface area contributed by atoms with Crippen molar-refractivity contribution in [3.05, 3.63) is 29.8 Å². The molecule has 1 heterocycles. The zero-order chi connectivity index (χ0) is 15.2. The van der Waals surface area contributed by atoms with Crippen LogP contribution < -0.4 is 5.32 Å². The molecule has 116 valence electrons. The molecular weight excluding hydrogens is 264 g/mol. The Morgan fingerprint density at radius 3 is 2.95 bits per heavy atom. The number of carbonyl (C=O) groups is 1. The summed E-state index contributed by atoms with van der Waals surface area (Å²) in [7, 11) is 0. The van der Waals surface area contributed by atoms with Gasteiger partial charge in [-0.15, -0.1) is 0 Å². The molecule has 0 radical (unpaired) electrons. The summed E-state index contributed by atoms with van der Waals surface area (Å²) in [6.07, 6.45) is 2.39. The minimum absolute atomic E-state index is 0.0148. The number of hydrogen-bond acceptors (Lipinski definition) is 3. The first-order chi connectivity index (χ1) is 10.1. The number of β-amino-alcohol motifs (C(OH)–C–C–N with tert-alkyl or cyclic N) is 1. The van der Waals surface area contributed by atoms with Gasteiger partial charge < -0.3 is 15.3 Å². The highest BCUT2D eigenvalue weighted by molar-refractivity contribution is 5.99. The summed E-state index contributed by atoms with van der Waals surface area (Å²) < 4.78 is 0. The molecule has 2 rings (SSSR count). The average Bonchev–Trinajstić information content (AvgIpc) is 2.52. The maximum atomic E-state index is 12.7. The number of hydrogen-bond donors (Lipinski definition) is 2. The second-order valence-corrected chi connectivity index (χ2v) is 5.99. The van der Waals surface area contributed by atoms with Crippen molar-refractivity contribution in [2.24, 2.45) is 5.92 Å². The molecule has 2 atom stereocenters. The van der Waals surface area contributed by atoms with Crippen LogP contribution in [0, 0.1) is 5.92 Å². The molecule has 0 aromatic heterocycles. The molecule has 0 bridgehead atoms. The van der Waals surface area contributed by atoms with Crippen LogP contribution in [-0.4, -0.2) is 41.7 Å². The van der Waals surface area contributed by atoms with Gasteiger partial charge >= 0.3 is 0 Å². The van der Waals surface area contributed by atoms with E-state index in [0.717, 1.165) is 38.0 Å². The Bertz CT molecular complexity index is 476. The van der Waals surface area contributed by atoms with Crippen LogP contribution in [0.25, 0.3) is 0 Å². The summed E-state index contributed by atoms with van der Waals surface area (Å²) >= 11 is 0. The Morgan fingerprint density at radius 1 is 1.48 bits per heavy atom. The van der Waals surface area contributed by atoms with E-state index in [0.29, 0.717) is 18.0 Å². The van der Waals surface area contributed by atoms with E-state index in [2.05, 4.69) is 19.2 Å². The van der Waals surface area contributed by atoms with E-state index < -0.39 is 0 Å². The molecule has 4 nitrogen and oxygen atoms in total. The van der Waals surface area contributed by atoms with E-state index in [1.807, 2.05) is 24.3 Å². The smallest absolute Gasteiger partial charge is 0.256 e. The first-order valence-corrected chi connectivity index (χ1v) is 7.92. The lowest BCUT2D eigenvalue weighted by molar-refractivity contribution is 0.0474. The van der Waals surface area contributed by atoms with Crippen molar-refractivity contribution in [1.29, 1.82) is 0 Å². The molecule has 1 fully saturated rings. The number of nitrogens with one attached hydrogen (secondary N) is 1. The van der Waals surface area contributed by atoms with Gasteiger partial charge in [-0.1, -0.05) is 32.4 Å². The maximum absolute atomic E-state index is 12.7. The molecule has 1 aromatic carbocycles. The standard InChI is InChI=1S/C17H26N2O2/c1-3-13(2)11-18-16-9-5-4-8-15(16)17(21)19-10-6-7-14(20)12-19/h4-5,8-9,13-14,18,20H,3,6-7,10-12H2,1-2H3. The molecule has 1 aliphatic rings. The number of nitrogens with zero attached hydrogens (tertiary/aromatic N) is 1. The number of amides is 1. The summed E-state index contributed by atoms with van der Waals surface area (Å²) in [6, 6.07) is 7.65. The van der Waals surface area contributed by atoms with Crippen LogP contribution in [-0.2, 0) is 0 Å². The fraction of sp³-hybridized carbons (Fsp3) is 0.588. The van der Waals surface area contributed by atoms with Crippen LogP contribution in [0.1, 0.15) is 43.5 Å². The number of likely N-dealkylation sites (tertiary alicyclic amines) is 1. The quantitative estimate of drug-likeness (QED) is 0.876. The van der Waals surface area contributed by atoms with Crippen molar-refractivity contribution in [2.45, 2.75) is 39.2 Å². The van der Waals surface area contributed by atoms with Crippen molar-refractivity contribution in [1.82, 2.24) is 4.90 Å². The van der Waals surface area contributed by atoms with Gasteiger partial charge in [0.15, 0.2) is 0 Å². The molecular formula is C17H26N2O2. The van der Waals surface area contributed by atoms with Gasteiger partial charge in [0.05, 0.1) is 11.7 Å². The summed E-state index contributed by atoms with van der Waals surface area (Å²) in [4.78, 5) is 14.4. The molecule has 0 saturated carbocycles. The van der Waals surface area contributed by atoms with E-state index in [1.54, 1.807) is 4.90 Å². The summed E-state index contributed by atoms with van der Waals surface area (Å²) in [5, 5.41) is 13.1. The van der Waals surface area contributed by atoms with Gasteiger partial charge in [0, 0.05) is 25.3 Å². The summed E-state index contributed by atoms with van der Waals surface area (Å²) in [6.45, 7) is 6.40. The number of aliphatic hydroxyl groups is 1. The second kappa shape index (κ2) is 7.46. The molecule has 1 amide bonds. The Labute approximate surface area is 127 Å². The Hall–Kier alpha value is -1.55. The average molecular weight is 290 g/mol. The van der Waals surface area contributed by atoms with E-state index >= 15 is 0 Å². The molecule has 0 aliphatic carbocycles. The van der Waals surface area contributed by atoms with Gasteiger partial charge in [0.2, 0.25) is 0 Å². The highest BCUT2D eigenvalue weighted by Gasteiger charge is 2.24. The van der Waals surface area contributed by atoms with Crippen LogP contribution in [0.3, 0.4) is 0 Å². The largest absolute Gasteiger partial charge is 0.391 e. The highest BCUT2D eigenvalue weighted by Crippen LogP contribution is 2.20. The van der Waals surface area contributed by atoms with Crippen molar-refractivity contribution >= 4 is 11.6 Å². The molecule has 1 saturated heterocycles. The van der Waals surface area contributed by atoms with E-state index in [1.165, 1.54) is 0 Å². The van der Waals surface area contributed by atoms with Crippen LogP contribution in [0.15, 0.2) is 24.3 Å². The molecule has 1 aromatic rings. The fourth-order valence-electron chi connectivity index (χ4n) is 2.56. The Balaban J connectivity index is 2.09. The minimum atomic E-state index is -0.386. The molecule has 4 heteroatoms. The van der Waals surface area contributed by atoms with Crippen molar-refractivity contribution < 1.29 is 9.90 Å². The lowest BCUT2D eigenvalue weighted by Gasteiger charge is -2.30. The van der Waals surface area contributed by atoms with E-state index in [-0.39, 0.29) is 12.0 Å². The normalized spacial score (nSPS) is 20.1. The molecule has 1 aliphatic heterocycles. The number of benzene rings is 1. The third-order valence-corrected chi connectivity index (χ3v) is 4.18. The van der Waals surface area contributed by atoms with Crippen LogP contribution in [0.2, 0.25) is 0 Å². The number of carbonyl (C=O) groups excluding carboxylic acids is 1. The second-order valence-electron chi connectivity index (χ2n) is 5.99. The lowest BCUT2D eigenvalue weighted by Crippen LogP contribution is -2.42. The predicted octanol–water partition coefficient (Wildman–Crippen LogP) is 2.74. The monoisotopic (exact) mass is 290 g/mol. The van der Waals surface area contributed by atoms with Gasteiger partial charge in [-0.3, -0.25) is 4.79 Å². The van der Waals surface area contributed by atoms with Crippen molar-refractivity contribution in [3.8, 4) is 0 Å². The van der Waals surface area contributed by atoms with Gasteiger partial charge in [0.1, 0.15) is 0 Å². The summed E-state index contributed by atoms with van der Waals surface area (Å²) in [5.41, 5.74) is 1.60. The first-order valence-electron chi connectivity index (χ1n) is 7.92. The van der Waals surface area contributed by atoms with Gasteiger partial charge in [-0.2, -0.15) is 0 Å². The lowest BCUT2D eigenvalue weighted by atomic mass is 10.1. The predicted molar refractivity (Wildman–Crippen MR) is 85.5 cm³/mol. The van der Waals surface area contributed by atoms with Crippen molar-refractivity contribution in [3.63, 3.8) is 0 Å². The van der Waals surface area contributed by atoms with Crippen LogP contribution in [0.5, 0.6) is 0 Å². The van der Waals surface area contributed by atoms with Crippen molar-refractivity contribution in [2.75, 3.05) is 25.0 Å². The van der Waals surface area contributed by atoms with E-state index in [9.17, 15) is 9.90 Å². The number of piperidine rings is 1. The third-order valence-electron chi connectivity index (χ3n) is 4.18. The molecule has 21 heavy (non-hydrogen) atoms. The maximum Gasteiger partial charge on any atom is 0.256 e. The first kappa shape index (κ1) is 15.8.